The summed E-state index contributed by atoms with van der Waals surface area (Å²) in [5.41, 5.74) is 1.36. The van der Waals surface area contributed by atoms with E-state index in [4.69, 9.17) is 0 Å². The molecule has 0 fully saturated rings. The quantitative estimate of drug-likeness (QED) is 0.693. The number of amides is 1. The van der Waals surface area contributed by atoms with Gasteiger partial charge in [0.05, 0.1) is 12.2 Å². The summed E-state index contributed by atoms with van der Waals surface area (Å²) in [6.07, 6.45) is 0. The van der Waals surface area contributed by atoms with Gasteiger partial charge in [-0.1, -0.05) is 6.07 Å². The lowest BCUT2D eigenvalue weighted by Crippen LogP contribution is -2.41. The van der Waals surface area contributed by atoms with E-state index in [9.17, 15) is 13.2 Å². The van der Waals surface area contributed by atoms with Crippen LogP contribution >= 0.6 is 0 Å². The normalized spacial score (nSPS) is 17.8. The third-order valence-corrected chi connectivity index (χ3v) is 4.05. The molecule has 0 bridgehead atoms. The van der Waals surface area contributed by atoms with Crippen molar-refractivity contribution in [1.29, 1.82) is 0 Å². The highest BCUT2D eigenvalue weighted by Gasteiger charge is 2.26. The second kappa shape index (κ2) is 5.49. The largest absolute Gasteiger partial charge is 0.354 e. The molecule has 0 spiro atoms. The number of anilines is 1. The van der Waals surface area contributed by atoms with Crippen molar-refractivity contribution in [3.05, 3.63) is 23.8 Å². The maximum absolute atomic E-state index is 12.1. The van der Waals surface area contributed by atoms with Crippen molar-refractivity contribution in [3.8, 4) is 0 Å². The highest BCUT2D eigenvalue weighted by Crippen LogP contribution is 2.25. The number of fused-ring (bicyclic) bond motifs is 1. The van der Waals surface area contributed by atoms with Crippen LogP contribution in [0, 0.1) is 6.92 Å². The molecule has 1 aliphatic rings. The lowest BCUT2D eigenvalue weighted by Gasteiger charge is -2.21. The van der Waals surface area contributed by atoms with Crippen LogP contribution in [0.5, 0.6) is 0 Å². The zero-order valence-corrected chi connectivity index (χ0v) is 12.0. The van der Waals surface area contributed by atoms with E-state index in [1.165, 1.54) is 6.92 Å². The van der Waals surface area contributed by atoms with Crippen molar-refractivity contribution in [2.45, 2.75) is 18.7 Å². The monoisotopic (exact) mass is 296 g/mol. The number of sulfonamides is 1. The van der Waals surface area contributed by atoms with Crippen LogP contribution in [0.2, 0.25) is 0 Å². The van der Waals surface area contributed by atoms with Crippen LogP contribution in [0.25, 0.3) is 0 Å². The van der Waals surface area contributed by atoms with E-state index in [1.54, 1.807) is 12.1 Å². The molecule has 0 aliphatic carbocycles. The summed E-state index contributed by atoms with van der Waals surface area (Å²) in [6.45, 7) is 3.87. The van der Waals surface area contributed by atoms with Gasteiger partial charge in [-0.25, -0.2) is 13.1 Å². The van der Waals surface area contributed by atoms with Crippen LogP contribution in [0.3, 0.4) is 0 Å². The van der Waals surface area contributed by atoms with Gasteiger partial charge < -0.3 is 10.6 Å². The number of carbonyl (C=O) groups excluding carboxylic acids is 1. The van der Waals surface area contributed by atoms with Crippen LogP contribution in [0.1, 0.15) is 12.5 Å². The highest BCUT2D eigenvalue weighted by atomic mass is 32.2. The van der Waals surface area contributed by atoms with E-state index in [0.29, 0.717) is 12.2 Å². The number of nitrogens with one attached hydrogen (secondary N) is 3. The summed E-state index contributed by atoms with van der Waals surface area (Å²) >= 11 is 0. The van der Waals surface area contributed by atoms with Gasteiger partial charge in [0.15, 0.2) is 0 Å². The fourth-order valence-corrected chi connectivity index (χ4v) is 2.99. The van der Waals surface area contributed by atoms with Crippen molar-refractivity contribution in [2.24, 2.45) is 4.99 Å². The minimum absolute atomic E-state index is 0.150. The van der Waals surface area contributed by atoms with Crippen molar-refractivity contribution in [1.82, 2.24) is 10.0 Å². The molecule has 0 radical (unpaired) electrons. The van der Waals surface area contributed by atoms with Gasteiger partial charge in [0.1, 0.15) is 4.90 Å². The van der Waals surface area contributed by atoms with Gasteiger partial charge in [-0.05, 0) is 24.6 Å². The van der Waals surface area contributed by atoms with Crippen molar-refractivity contribution in [3.63, 3.8) is 0 Å². The molecular formula is C12H16N4O3S. The number of benzene rings is 1. The van der Waals surface area contributed by atoms with Gasteiger partial charge in [-0.2, -0.15) is 0 Å². The van der Waals surface area contributed by atoms with Gasteiger partial charge in [-0.15, -0.1) is 0 Å². The molecule has 0 atom stereocenters. The molecular weight excluding hydrogens is 280 g/mol. The second-order valence-corrected chi connectivity index (χ2v) is 6.09. The average molecular weight is 296 g/mol. The third kappa shape index (κ3) is 3.27. The summed E-state index contributed by atoms with van der Waals surface area (Å²) in [6, 6.07) is 5.12. The van der Waals surface area contributed by atoms with Crippen LogP contribution in [-0.4, -0.2) is 33.4 Å². The fourth-order valence-electron chi connectivity index (χ4n) is 1.76. The molecule has 7 nitrogen and oxygen atoms in total. The number of carbonyl (C=O) groups is 1. The van der Waals surface area contributed by atoms with E-state index in [-0.39, 0.29) is 23.3 Å². The zero-order chi connectivity index (χ0) is 14.8. The Kier molecular flexibility index (Phi) is 3.93. The van der Waals surface area contributed by atoms with Crippen molar-refractivity contribution < 1.29 is 13.2 Å². The van der Waals surface area contributed by atoms with Crippen LogP contribution in [-0.2, 0) is 14.8 Å². The molecule has 0 saturated carbocycles. The molecule has 1 aromatic rings. The molecule has 3 N–H and O–H groups in total. The van der Waals surface area contributed by atoms with Crippen molar-refractivity contribution >= 4 is 27.6 Å². The molecule has 1 aliphatic heterocycles. The summed E-state index contributed by atoms with van der Waals surface area (Å²) in [5, 5.41) is 5.50. The summed E-state index contributed by atoms with van der Waals surface area (Å²) < 4.78 is 26.5. The number of aliphatic imine (C=N–C) groups is 1. The summed E-state index contributed by atoms with van der Waals surface area (Å²) in [4.78, 5) is 15.0. The van der Waals surface area contributed by atoms with Gasteiger partial charge in [-0.3, -0.25) is 9.79 Å². The van der Waals surface area contributed by atoms with Gasteiger partial charge in [0.2, 0.25) is 11.9 Å². The van der Waals surface area contributed by atoms with Gasteiger partial charge >= 0.3 is 0 Å². The number of hydrogen-bond donors (Lipinski definition) is 3. The number of nitrogens with zero attached hydrogens (tertiary/aromatic N) is 1. The van der Waals surface area contributed by atoms with Gasteiger partial charge in [0, 0.05) is 13.5 Å². The fraction of sp³-hybridized carbons (Fsp3) is 0.333. The number of hydrogen-bond acceptors (Lipinski definition) is 4. The first kappa shape index (κ1) is 14.3. The Morgan fingerprint density at radius 2 is 2.15 bits per heavy atom. The SMILES string of the molecule is CC(=O)NCCN=C1Nc2ccc(C)cc2S(=O)(=O)N1. The summed E-state index contributed by atoms with van der Waals surface area (Å²) in [5.74, 6) is 0.00918. The van der Waals surface area contributed by atoms with E-state index in [0.717, 1.165) is 5.56 Å². The summed E-state index contributed by atoms with van der Waals surface area (Å²) in [7, 11) is -3.60. The maximum atomic E-state index is 12.1. The Morgan fingerprint density at radius 1 is 1.40 bits per heavy atom. The van der Waals surface area contributed by atoms with Crippen LogP contribution in [0.4, 0.5) is 5.69 Å². The van der Waals surface area contributed by atoms with Crippen LogP contribution < -0.4 is 15.4 Å². The van der Waals surface area contributed by atoms with E-state index < -0.39 is 10.0 Å². The molecule has 1 aromatic carbocycles. The Morgan fingerprint density at radius 3 is 2.85 bits per heavy atom. The molecule has 20 heavy (non-hydrogen) atoms. The zero-order valence-electron chi connectivity index (χ0n) is 11.2. The Balaban J connectivity index is 2.16. The van der Waals surface area contributed by atoms with Gasteiger partial charge in [0.25, 0.3) is 10.0 Å². The highest BCUT2D eigenvalue weighted by molar-refractivity contribution is 7.90. The molecule has 1 amide bonds. The number of rotatable bonds is 3. The first-order valence-corrected chi connectivity index (χ1v) is 7.56. The number of guanidine groups is 1. The predicted octanol–water partition coefficient (Wildman–Crippen LogP) is 0.191. The Labute approximate surface area is 117 Å². The third-order valence-electron chi connectivity index (χ3n) is 2.67. The Bertz CT molecular complexity index is 667. The number of aryl methyl sites for hydroxylation is 1. The molecule has 0 aromatic heterocycles. The minimum atomic E-state index is -3.60. The molecule has 8 heteroatoms. The van der Waals surface area contributed by atoms with Crippen molar-refractivity contribution in [2.75, 3.05) is 18.4 Å². The van der Waals surface area contributed by atoms with E-state index in [1.807, 2.05) is 13.0 Å². The smallest absolute Gasteiger partial charge is 0.266 e. The second-order valence-electron chi connectivity index (χ2n) is 4.44. The molecule has 0 saturated heterocycles. The molecule has 108 valence electrons. The Hall–Kier alpha value is -2.09. The van der Waals surface area contributed by atoms with E-state index >= 15 is 0 Å². The first-order valence-electron chi connectivity index (χ1n) is 6.08. The standard InChI is InChI=1S/C12H16N4O3S/c1-8-3-4-10-11(7-8)20(18,19)16-12(15-10)14-6-5-13-9(2)17/h3-4,7H,5-6H2,1-2H3,(H,13,17)(H2,14,15,16). The van der Waals surface area contributed by atoms with Crippen LogP contribution in [0.15, 0.2) is 28.1 Å². The average Bonchev–Trinajstić information content (AvgIpc) is 2.35. The first-order chi connectivity index (χ1) is 9.38. The lowest BCUT2D eigenvalue weighted by atomic mass is 10.2. The lowest BCUT2D eigenvalue weighted by molar-refractivity contribution is -0.118. The minimum Gasteiger partial charge on any atom is -0.354 e. The predicted molar refractivity (Wildman–Crippen MR) is 76.1 cm³/mol. The molecule has 1 heterocycles. The molecule has 2 rings (SSSR count). The maximum Gasteiger partial charge on any atom is 0.266 e. The van der Waals surface area contributed by atoms with E-state index in [2.05, 4.69) is 20.3 Å². The topological polar surface area (TPSA) is 99.7 Å². The molecule has 0 unspecified atom stereocenters.